The van der Waals surface area contributed by atoms with Gasteiger partial charge in [0.2, 0.25) is 0 Å². The van der Waals surface area contributed by atoms with E-state index in [2.05, 4.69) is 26.1 Å². The van der Waals surface area contributed by atoms with Gasteiger partial charge in [-0.15, -0.1) is 0 Å². The van der Waals surface area contributed by atoms with Gasteiger partial charge in [-0.3, -0.25) is 68.9 Å². The van der Waals surface area contributed by atoms with E-state index >= 15 is 0 Å². The Hall–Kier alpha value is -14.9. The molecule has 33 heteroatoms. The molecule has 8 aromatic rings. The van der Waals surface area contributed by atoms with E-state index in [0.29, 0.717) is 96.6 Å². The molecule has 0 spiro atoms. The molecule has 29 nitrogen and oxygen atoms in total. The molecule has 0 saturated carbocycles. The number of hydrogen-bond acceptors (Lipinski definition) is 22. The summed E-state index contributed by atoms with van der Waals surface area (Å²) in [5, 5.41) is 42.1. The first-order chi connectivity index (χ1) is 59.9. The molecule has 4 atom stereocenters. The predicted octanol–water partition coefficient (Wildman–Crippen LogP) is 15.4. The largest absolute Gasteiger partial charge is 0.478 e. The molecule has 0 bridgehead atoms. The summed E-state index contributed by atoms with van der Waals surface area (Å²) in [4.78, 5) is 160. The maximum Gasteiger partial charge on any atom is 0.413 e. The van der Waals surface area contributed by atoms with Gasteiger partial charge >= 0.3 is 35.9 Å². The number of alkyl carbamates (subject to hydrolysis) is 1. The number of nitrogens with one attached hydrogen (secondary N) is 6. The Morgan fingerprint density at radius 1 is 0.476 bits per heavy atom. The number of carbonyl (C=O) groups is 13. The second-order valence-corrected chi connectivity index (χ2v) is 30.0. The quantitative estimate of drug-likeness (QED) is 0.00613. The van der Waals surface area contributed by atoms with Crippen LogP contribution in [0.2, 0.25) is 0 Å². The topological polar surface area (TPSA) is 464 Å². The number of aromatic carboxylic acids is 1. The number of ether oxygens (including phenoxy) is 5. The van der Waals surface area contributed by atoms with Crippen molar-refractivity contribution >= 4 is 117 Å². The number of anilines is 4. The maximum atomic E-state index is 14.7. The molecule has 4 aliphatic carbocycles. The SMILES string of the molecule is CCOC(=O)CC1CCc2cc(N)ccc2C1=O.CCOC(=O)CC1CCc2cc(NC(=O)c3ccc(C(=N)N)cc3F)ccc2C1=O.CCOC(=O)CC1CCc2cc(NC(=O)c3ccc(C(=N)NC(=O)OC(C)(C)C)cc3F)ccc2C1=O.N#Cc1ccc(C(=O)O)c(F)c1.[C-]#[N+]c1ccc(C(=O)Nc2ccc3c(c2)CCC(CC(=O)OCC)C3=O)c(F)c1. The number of aryl methyl sites for hydroxylation is 4. The molecule has 4 amide bonds. The van der Waals surface area contributed by atoms with E-state index in [9.17, 15) is 79.9 Å². The van der Waals surface area contributed by atoms with Crippen molar-refractivity contribution < 1.29 is 109 Å². The Kier molecular flexibility index (Phi) is 34.3. The number of fused-ring (bicyclic) bond motifs is 4. The molecule has 0 aromatic heterocycles. The highest BCUT2D eigenvalue weighted by atomic mass is 19.1. The van der Waals surface area contributed by atoms with Gasteiger partial charge in [0, 0.05) is 79.8 Å². The number of benzene rings is 8. The van der Waals surface area contributed by atoms with Crippen molar-refractivity contribution in [3.63, 3.8) is 0 Å². The second kappa shape index (κ2) is 44.8. The Morgan fingerprint density at radius 2 is 0.810 bits per heavy atom. The van der Waals surface area contributed by atoms with Gasteiger partial charge in [-0.2, -0.15) is 5.26 Å². The molecule has 11 N–H and O–H groups in total. The summed E-state index contributed by atoms with van der Waals surface area (Å²) in [5.41, 5.74) is 17.2. The van der Waals surface area contributed by atoms with Gasteiger partial charge in [-0.1, -0.05) is 24.3 Å². The van der Waals surface area contributed by atoms with Gasteiger partial charge in [-0.05, 0) is 243 Å². The summed E-state index contributed by atoms with van der Waals surface area (Å²) < 4.78 is 80.5. The van der Waals surface area contributed by atoms with Crippen molar-refractivity contribution in [1.82, 2.24) is 5.32 Å². The van der Waals surface area contributed by atoms with Crippen LogP contribution in [-0.4, -0.2) is 126 Å². The maximum absolute atomic E-state index is 14.7. The van der Waals surface area contributed by atoms with E-state index in [1.807, 2.05) is 6.07 Å². The number of ketones is 4. The third kappa shape index (κ3) is 26.8. The fourth-order valence-corrected chi connectivity index (χ4v) is 13.9. The fraction of sp³-hybridized carbons (Fsp3) is 0.301. The molecule has 0 radical (unpaired) electrons. The number of halogens is 4. The zero-order valence-corrected chi connectivity index (χ0v) is 69.8. The van der Waals surface area contributed by atoms with Crippen LogP contribution in [0.3, 0.4) is 0 Å². The summed E-state index contributed by atoms with van der Waals surface area (Å²) in [6.07, 6.45) is 4.19. The number of nitrogen functional groups attached to an aromatic ring is 2. The van der Waals surface area contributed by atoms with Crippen LogP contribution in [0.4, 0.5) is 50.8 Å². The zero-order chi connectivity index (χ0) is 92.4. The second-order valence-electron chi connectivity index (χ2n) is 30.0. The first kappa shape index (κ1) is 96.6. The molecule has 656 valence electrons. The number of Topliss-reactive ketones (excluding diaryl/α,β-unsaturated/α-hetero) is 4. The lowest BCUT2D eigenvalue weighted by Crippen LogP contribution is -2.36. The molecule has 4 unspecified atom stereocenters. The van der Waals surface area contributed by atoms with Crippen LogP contribution in [-0.2, 0) is 68.5 Å². The average Bonchev–Trinajstić information content (AvgIpc) is 0.800. The number of nitrogens with two attached hydrogens (primary N) is 2. The minimum atomic E-state index is -1.34. The standard InChI is InChI=1S/C27H30FN3O6.C22H22FN3O4.C22H19FN2O4.C14H17NO3.C8H4FNO2/c1-5-36-22(32)14-16-7-6-15-12-18(9-11-19(15)23(16)33)30-25(34)20-10-8-17(13-21(20)28)24(29)31-26(35)37-27(2,3)4;1-2-30-19(27)11-13-4-3-12-9-15(6-8-16(12)20(13)28)26-22(29)17-7-5-14(21(24)25)10-18(17)23;1-3-29-20(26)11-14-5-4-13-10-16(7-8-17(13)21(14)27)25-22(28)18-9-6-15(24-2)12-19(18)23;1-2-18-13(16)8-10-4-3-9-7-11(15)5-6-12(9)14(10)17;9-7-3-5(4-10)1-2-6(7)8(11)12/h8-13,16H,5-7,14H2,1-4H3,(H,30,34)(H2,29,31,35);5-10,13H,2-4,11H2,1H3,(H3,24,25)(H,26,29);6-10,12,14H,3-5,11H2,1H3,(H,25,28);5-7,10H,2-4,8,15H2,1H3;1-3H,(H,11,12). The van der Waals surface area contributed by atoms with E-state index < -0.39 is 87.9 Å². The molecule has 126 heavy (non-hydrogen) atoms. The lowest BCUT2D eigenvalue weighted by atomic mass is 9.81. The number of hydrogen-bond donors (Lipinski definition) is 9. The molecule has 0 aliphatic heterocycles. The van der Waals surface area contributed by atoms with Crippen LogP contribution in [0.15, 0.2) is 146 Å². The predicted molar refractivity (Wildman–Crippen MR) is 454 cm³/mol. The van der Waals surface area contributed by atoms with Crippen LogP contribution in [0.1, 0.15) is 222 Å². The number of nitrogens with zero attached hydrogens (tertiary/aromatic N) is 2. The number of nitriles is 1. The first-order valence-corrected chi connectivity index (χ1v) is 40.0. The zero-order valence-electron chi connectivity index (χ0n) is 69.8. The summed E-state index contributed by atoms with van der Waals surface area (Å²) >= 11 is 0. The van der Waals surface area contributed by atoms with Crippen molar-refractivity contribution in [3.05, 3.63) is 264 Å². The molecule has 4 aliphatic rings. The summed E-state index contributed by atoms with van der Waals surface area (Å²) in [5.74, 6) is -10.6. The Morgan fingerprint density at radius 3 is 1.13 bits per heavy atom. The van der Waals surface area contributed by atoms with Gasteiger partial charge < -0.3 is 56.2 Å². The number of amides is 4. The normalized spacial score (nSPS) is 15.0. The highest BCUT2D eigenvalue weighted by molar-refractivity contribution is 6.10. The number of rotatable bonds is 21. The van der Waals surface area contributed by atoms with Crippen LogP contribution >= 0.6 is 0 Å². The minimum absolute atomic E-state index is 0.0318. The van der Waals surface area contributed by atoms with Crippen molar-refractivity contribution in [1.29, 1.82) is 16.1 Å². The molecular weight excluding hydrogens is 1640 g/mol. The number of amidine groups is 2. The Bertz CT molecular complexity index is 5700. The lowest BCUT2D eigenvalue weighted by Gasteiger charge is -2.23. The molecule has 12 rings (SSSR count). The molecule has 0 fully saturated rings. The number of carboxylic acids is 1. The van der Waals surface area contributed by atoms with E-state index in [1.165, 1.54) is 42.5 Å². The third-order valence-corrected chi connectivity index (χ3v) is 20.0. The Labute approximate surface area is 722 Å². The highest BCUT2D eigenvalue weighted by Gasteiger charge is 2.35. The van der Waals surface area contributed by atoms with Crippen LogP contribution in [0, 0.1) is 75.7 Å². The van der Waals surface area contributed by atoms with E-state index in [-0.39, 0.29) is 143 Å². The third-order valence-electron chi connectivity index (χ3n) is 20.0. The van der Waals surface area contributed by atoms with Gasteiger partial charge in [0.25, 0.3) is 17.7 Å². The minimum Gasteiger partial charge on any atom is -0.478 e. The van der Waals surface area contributed by atoms with Crippen LogP contribution < -0.4 is 32.7 Å². The summed E-state index contributed by atoms with van der Waals surface area (Å²) in [7, 11) is 0. The smallest absolute Gasteiger partial charge is 0.413 e. The van der Waals surface area contributed by atoms with E-state index in [0.717, 1.165) is 59.0 Å². The van der Waals surface area contributed by atoms with Crippen LogP contribution in [0.5, 0.6) is 0 Å². The molecular formula is C93H92F4N10O19. The average molecular weight is 1730 g/mol. The monoisotopic (exact) mass is 1730 g/mol. The van der Waals surface area contributed by atoms with E-state index in [1.54, 1.807) is 121 Å². The van der Waals surface area contributed by atoms with Crippen molar-refractivity contribution in [2.45, 2.75) is 131 Å². The number of carbonyl (C=O) groups excluding carboxylic acids is 12. The highest BCUT2D eigenvalue weighted by Crippen LogP contribution is 2.35. The summed E-state index contributed by atoms with van der Waals surface area (Å²) in [6, 6.07) is 35.7. The van der Waals surface area contributed by atoms with Crippen molar-refractivity contribution in [3.8, 4) is 6.07 Å². The Balaban J connectivity index is 0.000000203. The van der Waals surface area contributed by atoms with Gasteiger partial charge in [-0.25, -0.2) is 32.0 Å². The van der Waals surface area contributed by atoms with Gasteiger partial charge in [0.05, 0.1) is 92.6 Å². The van der Waals surface area contributed by atoms with E-state index in [4.69, 9.17) is 62.9 Å². The number of esters is 4. The molecule has 8 aromatic carbocycles. The van der Waals surface area contributed by atoms with Gasteiger partial charge in [0.15, 0.2) is 28.8 Å². The lowest BCUT2D eigenvalue weighted by molar-refractivity contribution is -0.144. The fourth-order valence-electron chi connectivity index (χ4n) is 13.9. The van der Waals surface area contributed by atoms with Gasteiger partial charge in [0.1, 0.15) is 40.5 Å². The van der Waals surface area contributed by atoms with Crippen LogP contribution in [0.25, 0.3) is 4.85 Å². The molecule has 0 heterocycles. The van der Waals surface area contributed by atoms with Crippen molar-refractivity contribution in [2.75, 3.05) is 48.1 Å². The van der Waals surface area contributed by atoms with Crippen molar-refractivity contribution in [2.24, 2.45) is 29.4 Å². The molecule has 0 saturated heterocycles. The summed E-state index contributed by atoms with van der Waals surface area (Å²) in [6.45, 7) is 20.0. The number of carboxylic acid groups (broad SMARTS) is 1. The first-order valence-electron chi connectivity index (χ1n) is 40.0.